The lowest BCUT2D eigenvalue weighted by Gasteiger charge is -2.19. The molecule has 3 N–H and O–H groups in total. The fourth-order valence-electron chi connectivity index (χ4n) is 2.20. The maximum atomic E-state index is 11.9. The third-order valence-corrected chi connectivity index (χ3v) is 4.65. The smallest absolute Gasteiger partial charge is 0.326 e. The molecule has 0 spiro atoms. The van der Waals surface area contributed by atoms with Gasteiger partial charge in [-0.2, -0.15) is 0 Å². The first-order valence-electron chi connectivity index (χ1n) is 6.80. The second-order valence-corrected chi connectivity index (χ2v) is 6.13. The maximum Gasteiger partial charge on any atom is 0.326 e. The number of urea groups is 1. The van der Waals surface area contributed by atoms with Crippen molar-refractivity contribution in [2.24, 2.45) is 5.92 Å². The Balaban J connectivity index is 1.95. The Morgan fingerprint density at radius 1 is 1.45 bits per heavy atom. The summed E-state index contributed by atoms with van der Waals surface area (Å²) in [6.45, 7) is 3.70. The van der Waals surface area contributed by atoms with Crippen molar-refractivity contribution in [3.63, 3.8) is 0 Å². The second kappa shape index (κ2) is 6.21. The molecule has 0 unspecified atom stereocenters. The van der Waals surface area contributed by atoms with Gasteiger partial charge in [0.2, 0.25) is 0 Å². The Bertz CT molecular complexity index is 493. The summed E-state index contributed by atoms with van der Waals surface area (Å²) in [7, 11) is 0. The summed E-state index contributed by atoms with van der Waals surface area (Å²) in [6, 6.07) is -1.39. The summed E-state index contributed by atoms with van der Waals surface area (Å²) in [5, 5.41) is 14.8. The van der Waals surface area contributed by atoms with Crippen LogP contribution >= 0.6 is 11.3 Å². The summed E-state index contributed by atoms with van der Waals surface area (Å²) in [5.74, 6) is -1.14. The van der Waals surface area contributed by atoms with Gasteiger partial charge in [-0.05, 0) is 25.2 Å². The van der Waals surface area contributed by atoms with Crippen molar-refractivity contribution in [2.45, 2.75) is 45.6 Å². The van der Waals surface area contributed by atoms with Gasteiger partial charge in [-0.1, -0.05) is 20.3 Å². The van der Waals surface area contributed by atoms with Crippen LogP contribution in [-0.4, -0.2) is 28.1 Å². The average molecular weight is 297 g/mol. The zero-order valence-electron chi connectivity index (χ0n) is 11.6. The number of anilines is 1. The van der Waals surface area contributed by atoms with E-state index in [1.807, 2.05) is 6.92 Å². The first-order valence-corrected chi connectivity index (χ1v) is 7.61. The highest BCUT2D eigenvalue weighted by Gasteiger charge is 2.26. The molecule has 1 aliphatic rings. The van der Waals surface area contributed by atoms with E-state index in [1.165, 1.54) is 16.2 Å². The normalized spacial score (nSPS) is 16.3. The van der Waals surface area contributed by atoms with Crippen molar-refractivity contribution in [3.05, 3.63) is 10.6 Å². The number of carbonyl (C=O) groups is 2. The molecule has 2 rings (SSSR count). The van der Waals surface area contributed by atoms with Crippen LogP contribution in [-0.2, 0) is 17.6 Å². The Kier molecular flexibility index (Phi) is 4.59. The maximum absolute atomic E-state index is 11.9. The molecule has 0 fully saturated rings. The number of rotatable bonds is 5. The highest BCUT2D eigenvalue weighted by molar-refractivity contribution is 7.15. The van der Waals surface area contributed by atoms with Gasteiger partial charge >= 0.3 is 12.0 Å². The van der Waals surface area contributed by atoms with Crippen molar-refractivity contribution < 1.29 is 14.7 Å². The zero-order valence-corrected chi connectivity index (χ0v) is 12.4. The van der Waals surface area contributed by atoms with E-state index in [0.29, 0.717) is 11.6 Å². The van der Waals surface area contributed by atoms with Crippen molar-refractivity contribution in [3.8, 4) is 0 Å². The molecule has 0 saturated heterocycles. The second-order valence-electron chi connectivity index (χ2n) is 5.04. The number of carboxylic acids is 1. The molecule has 2 amide bonds. The molecule has 1 heterocycles. The molecule has 0 bridgehead atoms. The van der Waals surface area contributed by atoms with Crippen LogP contribution in [0.4, 0.5) is 9.93 Å². The Labute approximate surface area is 121 Å². The lowest BCUT2D eigenvalue weighted by Crippen LogP contribution is -2.46. The minimum absolute atomic E-state index is 0.125. The van der Waals surface area contributed by atoms with Gasteiger partial charge in [-0.3, -0.25) is 5.32 Å². The molecule has 7 heteroatoms. The summed E-state index contributed by atoms with van der Waals surface area (Å²) >= 11 is 1.47. The molecule has 1 aliphatic carbocycles. The molecule has 1 aromatic heterocycles. The van der Waals surface area contributed by atoms with Gasteiger partial charge in [-0.25, -0.2) is 14.6 Å². The number of hydrogen-bond donors (Lipinski definition) is 3. The van der Waals surface area contributed by atoms with Crippen molar-refractivity contribution in [2.75, 3.05) is 5.32 Å². The molecule has 110 valence electrons. The van der Waals surface area contributed by atoms with Gasteiger partial charge < -0.3 is 10.4 Å². The van der Waals surface area contributed by atoms with Gasteiger partial charge in [0.1, 0.15) is 6.04 Å². The number of nitrogens with zero attached hydrogens (tertiary/aromatic N) is 1. The minimum Gasteiger partial charge on any atom is -0.480 e. The fourth-order valence-corrected chi connectivity index (χ4v) is 3.25. The largest absolute Gasteiger partial charge is 0.480 e. The average Bonchev–Trinajstić information content (AvgIpc) is 2.95. The summed E-state index contributed by atoms with van der Waals surface area (Å²) in [5.41, 5.74) is 1.06. The molecule has 2 atom stereocenters. The Hall–Kier alpha value is -1.63. The summed E-state index contributed by atoms with van der Waals surface area (Å²) in [4.78, 5) is 28.6. The number of aliphatic carboxylic acids is 1. The number of fused-ring (bicyclic) bond motifs is 1. The van der Waals surface area contributed by atoms with E-state index >= 15 is 0 Å². The lowest BCUT2D eigenvalue weighted by molar-refractivity contribution is -0.140. The molecule has 20 heavy (non-hydrogen) atoms. The number of aryl methyl sites for hydroxylation is 2. The standard InChI is InChI=1S/C13H19N3O3S/c1-3-7(2)10(11(17)18)15-12(19)16-13-14-8-5-4-6-9(8)20-13/h7,10H,3-6H2,1-2H3,(H,17,18)(H2,14,15,16,19)/t7-,10-/m0/s1. The van der Waals surface area contributed by atoms with Gasteiger partial charge in [0, 0.05) is 4.88 Å². The highest BCUT2D eigenvalue weighted by atomic mass is 32.1. The Morgan fingerprint density at radius 2 is 2.20 bits per heavy atom. The van der Waals surface area contributed by atoms with Crippen molar-refractivity contribution >= 4 is 28.5 Å². The van der Waals surface area contributed by atoms with Gasteiger partial charge in [-0.15, -0.1) is 11.3 Å². The van der Waals surface area contributed by atoms with Gasteiger partial charge in [0.15, 0.2) is 5.13 Å². The SMILES string of the molecule is CC[C@H](C)[C@H](NC(=O)Nc1nc2c(s1)CCC2)C(=O)O. The molecule has 1 aromatic rings. The Morgan fingerprint density at radius 3 is 2.80 bits per heavy atom. The van der Waals surface area contributed by atoms with E-state index in [0.717, 1.165) is 25.0 Å². The summed E-state index contributed by atoms with van der Waals surface area (Å²) < 4.78 is 0. The van der Waals surface area contributed by atoms with E-state index in [2.05, 4.69) is 15.6 Å². The molecular formula is C13H19N3O3S. The van der Waals surface area contributed by atoms with Crippen molar-refractivity contribution in [1.82, 2.24) is 10.3 Å². The van der Waals surface area contributed by atoms with Crippen LogP contribution < -0.4 is 10.6 Å². The number of nitrogens with one attached hydrogen (secondary N) is 2. The number of carboxylic acid groups (broad SMARTS) is 1. The third-order valence-electron chi connectivity index (χ3n) is 3.58. The number of thiazole rings is 1. The quantitative estimate of drug-likeness (QED) is 0.777. The molecule has 0 aromatic carbocycles. The monoisotopic (exact) mass is 297 g/mol. The third kappa shape index (κ3) is 3.27. The van der Waals surface area contributed by atoms with Crippen LogP contribution in [0.5, 0.6) is 0 Å². The van der Waals surface area contributed by atoms with Gasteiger partial charge in [0.25, 0.3) is 0 Å². The molecule has 6 nitrogen and oxygen atoms in total. The first kappa shape index (κ1) is 14.8. The van der Waals surface area contributed by atoms with E-state index in [-0.39, 0.29) is 5.92 Å². The number of carbonyl (C=O) groups excluding carboxylic acids is 1. The predicted octanol–water partition coefficient (Wildman–Crippen LogP) is 2.25. The van der Waals surface area contributed by atoms with Crippen LogP contribution in [0.15, 0.2) is 0 Å². The summed E-state index contributed by atoms with van der Waals surface area (Å²) in [6.07, 6.45) is 3.78. The van der Waals surface area contributed by atoms with Crippen LogP contribution in [0.25, 0.3) is 0 Å². The molecule has 0 radical (unpaired) electrons. The van der Waals surface area contributed by atoms with Crippen LogP contribution in [0, 0.1) is 5.92 Å². The van der Waals surface area contributed by atoms with Gasteiger partial charge in [0.05, 0.1) is 5.69 Å². The predicted molar refractivity (Wildman–Crippen MR) is 77.2 cm³/mol. The number of aromatic nitrogens is 1. The molecule has 0 aliphatic heterocycles. The number of hydrogen-bond acceptors (Lipinski definition) is 4. The zero-order chi connectivity index (χ0) is 14.7. The van der Waals surface area contributed by atoms with E-state index in [9.17, 15) is 9.59 Å². The first-order chi connectivity index (χ1) is 9.51. The number of amides is 2. The van der Waals surface area contributed by atoms with Crippen LogP contribution in [0.2, 0.25) is 0 Å². The minimum atomic E-state index is -1.02. The molecule has 0 saturated carbocycles. The van der Waals surface area contributed by atoms with E-state index < -0.39 is 18.0 Å². The highest BCUT2D eigenvalue weighted by Crippen LogP contribution is 2.30. The van der Waals surface area contributed by atoms with E-state index in [1.54, 1.807) is 6.92 Å². The van der Waals surface area contributed by atoms with Crippen LogP contribution in [0.3, 0.4) is 0 Å². The van der Waals surface area contributed by atoms with Crippen LogP contribution in [0.1, 0.15) is 37.3 Å². The van der Waals surface area contributed by atoms with E-state index in [4.69, 9.17) is 5.11 Å². The lowest BCUT2D eigenvalue weighted by atomic mass is 10.00. The fraction of sp³-hybridized carbons (Fsp3) is 0.615. The van der Waals surface area contributed by atoms with Crippen molar-refractivity contribution in [1.29, 1.82) is 0 Å². The molecular weight excluding hydrogens is 278 g/mol. The topological polar surface area (TPSA) is 91.3 Å².